The molecule has 196 valence electrons. The average Bonchev–Trinajstić information content (AvgIpc) is 3.20. The fraction of sp³-hybridized carbons (Fsp3) is 0.667. The number of hydrogen-bond donors (Lipinski definition) is 2. The summed E-state index contributed by atoms with van der Waals surface area (Å²) < 4.78 is 25.6. The van der Waals surface area contributed by atoms with Gasteiger partial charge in [0.25, 0.3) is 0 Å². The van der Waals surface area contributed by atoms with Gasteiger partial charge in [0.15, 0.2) is 12.0 Å². The summed E-state index contributed by atoms with van der Waals surface area (Å²) in [5, 5.41) is 21.7. The number of aromatic nitrogens is 1. The first-order valence-electron chi connectivity index (χ1n) is 12.4. The van der Waals surface area contributed by atoms with Crippen molar-refractivity contribution < 1.29 is 33.3 Å². The lowest BCUT2D eigenvalue weighted by Gasteiger charge is -2.35. The number of carbonyl (C=O) groups excluding carboxylic acids is 2. The highest BCUT2D eigenvalue weighted by atomic mass is 19.1. The molecule has 0 bridgehead atoms. The standard InChI is InChI=1S/C27H40FNO6/c1-7-20-25(32)17(3)10-8-9-16(2)11-12-22(21(28)13-19-15-34-18(4)29-19)35-24(31)14-23(30)27(5,6)26(20)33/h11,13,15,17,20,22-23,25,30,32H,7-10,12,14H2,1-6H3/t17-,20+,22-,23-,25-/m0/s1. The van der Waals surface area contributed by atoms with Crippen molar-refractivity contribution in [3.63, 3.8) is 0 Å². The summed E-state index contributed by atoms with van der Waals surface area (Å²) in [4.78, 5) is 30.1. The molecule has 0 spiro atoms. The molecule has 1 aliphatic rings. The molecule has 0 saturated carbocycles. The van der Waals surface area contributed by atoms with E-state index in [2.05, 4.69) is 4.98 Å². The maximum absolute atomic E-state index is 15.1. The third-order valence-electron chi connectivity index (χ3n) is 7.01. The molecule has 0 amide bonds. The van der Waals surface area contributed by atoms with Gasteiger partial charge in [-0.3, -0.25) is 9.59 Å². The maximum atomic E-state index is 15.1. The SMILES string of the molecule is CC[C@H]1C(=O)C(C)(C)[C@@H](O)CC(=O)O[C@H](C(F)=Cc2coc(C)n2)CC=C(C)CCC[C@H](C)[C@@H]1O. The summed E-state index contributed by atoms with van der Waals surface area (Å²) in [7, 11) is 0. The Kier molecular flexibility index (Phi) is 10.4. The Hall–Kier alpha value is -2.32. The number of halogens is 1. The molecule has 1 aromatic rings. The highest BCUT2D eigenvalue weighted by Crippen LogP contribution is 2.34. The van der Waals surface area contributed by atoms with E-state index in [-0.39, 0.29) is 23.8 Å². The lowest BCUT2D eigenvalue weighted by Crippen LogP contribution is -2.46. The highest BCUT2D eigenvalue weighted by Gasteiger charge is 2.43. The second-order valence-corrected chi connectivity index (χ2v) is 10.3. The van der Waals surface area contributed by atoms with Crippen LogP contribution in [0.2, 0.25) is 0 Å². The number of carbonyl (C=O) groups is 2. The molecule has 1 aromatic heterocycles. The molecule has 2 rings (SSSR count). The Morgan fingerprint density at radius 2 is 1.97 bits per heavy atom. The van der Waals surface area contributed by atoms with Gasteiger partial charge in [0.1, 0.15) is 23.6 Å². The molecule has 8 heteroatoms. The first kappa shape index (κ1) is 28.9. The van der Waals surface area contributed by atoms with Gasteiger partial charge in [-0.15, -0.1) is 0 Å². The van der Waals surface area contributed by atoms with Crippen molar-refractivity contribution in [3.05, 3.63) is 35.3 Å². The predicted octanol–water partition coefficient (Wildman–Crippen LogP) is 5.10. The number of Topliss-reactive ketones (excluding diaryl/α,β-unsaturated/α-hetero) is 1. The van der Waals surface area contributed by atoms with Gasteiger partial charge in [-0.1, -0.05) is 39.3 Å². The number of esters is 1. The predicted molar refractivity (Wildman–Crippen MR) is 131 cm³/mol. The molecule has 35 heavy (non-hydrogen) atoms. The minimum atomic E-state index is -1.35. The number of oxazole rings is 1. The minimum Gasteiger partial charge on any atom is -0.455 e. The molecule has 0 aromatic carbocycles. The Bertz CT molecular complexity index is 934. The number of allylic oxidation sites excluding steroid dienone is 1. The molecule has 0 saturated heterocycles. The molecule has 1 aliphatic heterocycles. The summed E-state index contributed by atoms with van der Waals surface area (Å²) >= 11 is 0. The van der Waals surface area contributed by atoms with Crippen molar-refractivity contribution >= 4 is 17.8 Å². The molecule has 0 aliphatic carbocycles. The van der Waals surface area contributed by atoms with Crippen LogP contribution in [0.5, 0.6) is 0 Å². The number of hydrogen-bond acceptors (Lipinski definition) is 7. The van der Waals surface area contributed by atoms with E-state index in [4.69, 9.17) is 9.15 Å². The first-order chi connectivity index (χ1) is 16.4. The lowest BCUT2D eigenvalue weighted by molar-refractivity contribution is -0.155. The van der Waals surface area contributed by atoms with Gasteiger partial charge >= 0.3 is 5.97 Å². The number of aliphatic hydroxyl groups is 2. The number of ketones is 1. The molecular weight excluding hydrogens is 453 g/mol. The van der Waals surface area contributed by atoms with Gasteiger partial charge < -0.3 is 19.4 Å². The van der Waals surface area contributed by atoms with Crippen molar-refractivity contribution in [1.29, 1.82) is 0 Å². The molecule has 0 radical (unpaired) electrons. The van der Waals surface area contributed by atoms with E-state index >= 15 is 4.39 Å². The molecular formula is C27H40FNO6. The molecule has 2 heterocycles. The molecule has 0 fully saturated rings. The largest absolute Gasteiger partial charge is 0.455 e. The van der Waals surface area contributed by atoms with Gasteiger partial charge in [-0.05, 0) is 38.5 Å². The molecule has 7 nitrogen and oxygen atoms in total. The van der Waals surface area contributed by atoms with Gasteiger partial charge in [0.2, 0.25) is 0 Å². The van der Waals surface area contributed by atoms with Crippen molar-refractivity contribution in [3.8, 4) is 0 Å². The van der Waals surface area contributed by atoms with Gasteiger partial charge in [0, 0.05) is 25.3 Å². The normalized spacial score (nSPS) is 30.0. The number of rotatable bonds is 3. The molecule has 0 unspecified atom stereocenters. The van der Waals surface area contributed by atoms with Crippen LogP contribution in [0.1, 0.15) is 84.7 Å². The zero-order chi connectivity index (χ0) is 26.3. The Morgan fingerprint density at radius 1 is 1.29 bits per heavy atom. The van der Waals surface area contributed by atoms with Gasteiger partial charge in [0.05, 0.1) is 24.0 Å². The first-order valence-corrected chi connectivity index (χ1v) is 12.4. The Labute approximate surface area is 207 Å². The van der Waals surface area contributed by atoms with Crippen LogP contribution in [0.15, 0.2) is 28.2 Å². The lowest BCUT2D eigenvalue weighted by atomic mass is 9.71. The van der Waals surface area contributed by atoms with Crippen molar-refractivity contribution in [2.24, 2.45) is 17.3 Å². The highest BCUT2D eigenvalue weighted by molar-refractivity contribution is 5.88. The monoisotopic (exact) mass is 493 g/mol. The van der Waals surface area contributed by atoms with Crippen molar-refractivity contribution in [1.82, 2.24) is 4.98 Å². The second-order valence-electron chi connectivity index (χ2n) is 10.3. The summed E-state index contributed by atoms with van der Waals surface area (Å²) in [5.74, 6) is -2.19. The Morgan fingerprint density at radius 3 is 2.57 bits per heavy atom. The maximum Gasteiger partial charge on any atom is 0.309 e. The van der Waals surface area contributed by atoms with E-state index in [0.717, 1.165) is 30.9 Å². The van der Waals surface area contributed by atoms with E-state index in [1.54, 1.807) is 20.8 Å². The number of aliphatic hydroxyl groups excluding tert-OH is 2. The smallest absolute Gasteiger partial charge is 0.309 e. The van der Waals surface area contributed by atoms with Crippen LogP contribution < -0.4 is 0 Å². The fourth-order valence-corrected chi connectivity index (χ4v) is 4.42. The third-order valence-corrected chi connectivity index (χ3v) is 7.01. The van der Waals surface area contributed by atoms with Crippen LogP contribution in [0.25, 0.3) is 6.08 Å². The summed E-state index contributed by atoms with van der Waals surface area (Å²) in [6.07, 6.45) is 3.23. The number of aryl methyl sites for hydroxylation is 1. The average molecular weight is 494 g/mol. The molecule has 5 atom stereocenters. The van der Waals surface area contributed by atoms with Gasteiger partial charge in [-0.2, -0.15) is 0 Å². The van der Waals surface area contributed by atoms with Crippen LogP contribution in [-0.4, -0.2) is 45.3 Å². The van der Waals surface area contributed by atoms with E-state index in [1.807, 2.05) is 26.8 Å². The van der Waals surface area contributed by atoms with E-state index < -0.39 is 47.9 Å². The van der Waals surface area contributed by atoms with E-state index in [1.165, 1.54) is 6.26 Å². The van der Waals surface area contributed by atoms with Crippen LogP contribution in [-0.2, 0) is 14.3 Å². The number of ether oxygens (including phenoxy) is 1. The summed E-state index contributed by atoms with van der Waals surface area (Å²) in [6, 6.07) is 0. The van der Waals surface area contributed by atoms with Crippen molar-refractivity contribution in [2.45, 2.75) is 98.4 Å². The summed E-state index contributed by atoms with van der Waals surface area (Å²) in [6.45, 7) is 10.4. The minimum absolute atomic E-state index is 0.110. The fourth-order valence-electron chi connectivity index (χ4n) is 4.42. The van der Waals surface area contributed by atoms with Crippen molar-refractivity contribution in [2.75, 3.05) is 0 Å². The van der Waals surface area contributed by atoms with E-state index in [9.17, 15) is 19.8 Å². The summed E-state index contributed by atoms with van der Waals surface area (Å²) in [5.41, 5.74) is -0.0150. The second kappa shape index (κ2) is 12.6. The number of cyclic esters (lactones) is 1. The third kappa shape index (κ3) is 7.84. The zero-order valence-corrected chi connectivity index (χ0v) is 21.7. The topological polar surface area (TPSA) is 110 Å². The van der Waals surface area contributed by atoms with Crippen LogP contribution in [0.3, 0.4) is 0 Å². The number of nitrogens with zero attached hydrogens (tertiary/aromatic N) is 1. The van der Waals surface area contributed by atoms with E-state index in [0.29, 0.717) is 12.3 Å². The molecule has 2 N–H and O–H groups in total. The Balaban J connectivity index is 2.35. The zero-order valence-electron chi connectivity index (χ0n) is 21.7. The van der Waals surface area contributed by atoms with Gasteiger partial charge in [-0.25, -0.2) is 9.37 Å². The quantitative estimate of drug-likeness (QED) is 0.445. The van der Waals surface area contributed by atoms with Crippen LogP contribution in [0, 0.1) is 24.2 Å². The van der Waals surface area contributed by atoms with Crippen LogP contribution in [0.4, 0.5) is 4.39 Å². The van der Waals surface area contributed by atoms with Crippen LogP contribution >= 0.6 is 0 Å².